The third-order valence-electron chi connectivity index (χ3n) is 2.73. The number of carbonyl (C=O) groups excluding carboxylic acids is 1. The summed E-state index contributed by atoms with van der Waals surface area (Å²) in [6.45, 7) is 0. The summed E-state index contributed by atoms with van der Waals surface area (Å²) in [4.78, 5) is 12.0. The first-order chi connectivity index (χ1) is 9.95. The monoisotopic (exact) mass is 297 g/mol. The number of nitrogens with one attached hydrogen (secondary N) is 1. The second kappa shape index (κ2) is 5.74. The van der Waals surface area contributed by atoms with Crippen LogP contribution in [-0.2, 0) is 0 Å². The van der Waals surface area contributed by atoms with E-state index in [1.54, 1.807) is 0 Å². The SMILES string of the molecule is COc1cccc(O)c1C(=O)Nc1ccc(F)c(F)c1F. The Morgan fingerprint density at radius 3 is 2.52 bits per heavy atom. The molecule has 0 fully saturated rings. The highest BCUT2D eigenvalue weighted by Crippen LogP contribution is 2.29. The summed E-state index contributed by atoms with van der Waals surface area (Å²) in [6, 6.07) is 5.65. The van der Waals surface area contributed by atoms with E-state index < -0.39 is 34.8 Å². The number of benzene rings is 2. The number of amides is 1. The maximum Gasteiger partial charge on any atom is 0.263 e. The fraction of sp³-hybridized carbons (Fsp3) is 0.0714. The number of ether oxygens (including phenoxy) is 1. The molecule has 0 saturated carbocycles. The summed E-state index contributed by atoms with van der Waals surface area (Å²) >= 11 is 0. The summed E-state index contributed by atoms with van der Waals surface area (Å²) < 4.78 is 44.3. The van der Waals surface area contributed by atoms with Gasteiger partial charge in [0.1, 0.15) is 17.1 Å². The summed E-state index contributed by atoms with van der Waals surface area (Å²) in [7, 11) is 1.28. The fourth-order valence-corrected chi connectivity index (χ4v) is 1.73. The zero-order valence-electron chi connectivity index (χ0n) is 10.8. The molecule has 0 spiro atoms. The average molecular weight is 297 g/mol. The van der Waals surface area contributed by atoms with E-state index in [1.807, 2.05) is 5.32 Å². The highest BCUT2D eigenvalue weighted by atomic mass is 19.2. The van der Waals surface area contributed by atoms with Crippen molar-refractivity contribution in [3.05, 3.63) is 53.3 Å². The number of carbonyl (C=O) groups is 1. The average Bonchev–Trinajstić information content (AvgIpc) is 2.47. The van der Waals surface area contributed by atoms with Gasteiger partial charge >= 0.3 is 0 Å². The third kappa shape index (κ3) is 2.76. The number of rotatable bonds is 3. The summed E-state index contributed by atoms with van der Waals surface area (Å²) in [5, 5.41) is 11.7. The van der Waals surface area contributed by atoms with Crippen molar-refractivity contribution >= 4 is 11.6 Å². The molecule has 110 valence electrons. The Bertz CT molecular complexity index is 704. The van der Waals surface area contributed by atoms with Crippen LogP contribution >= 0.6 is 0 Å². The van der Waals surface area contributed by atoms with Gasteiger partial charge in [-0.2, -0.15) is 0 Å². The molecule has 0 saturated heterocycles. The number of phenols is 1. The van der Waals surface area contributed by atoms with Gasteiger partial charge < -0.3 is 15.2 Å². The van der Waals surface area contributed by atoms with Gasteiger partial charge in [-0.05, 0) is 24.3 Å². The van der Waals surface area contributed by atoms with Crippen LogP contribution in [0.15, 0.2) is 30.3 Å². The second-order valence-corrected chi connectivity index (χ2v) is 4.03. The number of anilines is 1. The molecule has 0 bridgehead atoms. The van der Waals surface area contributed by atoms with E-state index in [9.17, 15) is 23.1 Å². The molecule has 0 aliphatic carbocycles. The maximum atomic E-state index is 13.5. The van der Waals surface area contributed by atoms with Crippen LogP contribution in [-0.4, -0.2) is 18.1 Å². The van der Waals surface area contributed by atoms with Gasteiger partial charge in [-0.25, -0.2) is 13.2 Å². The maximum absolute atomic E-state index is 13.5. The van der Waals surface area contributed by atoms with Gasteiger partial charge in [-0.3, -0.25) is 4.79 Å². The standard InChI is InChI=1S/C14H10F3NO3/c1-21-10-4-2-3-9(19)11(10)14(20)18-8-6-5-7(15)12(16)13(8)17/h2-6,19H,1H3,(H,18,20). The van der Waals surface area contributed by atoms with Crippen LogP contribution in [0.5, 0.6) is 11.5 Å². The van der Waals surface area contributed by atoms with Crippen molar-refractivity contribution in [3.8, 4) is 11.5 Å². The molecule has 2 N–H and O–H groups in total. The molecule has 0 aliphatic heterocycles. The number of hydrogen-bond donors (Lipinski definition) is 2. The Morgan fingerprint density at radius 1 is 1.14 bits per heavy atom. The van der Waals surface area contributed by atoms with Gasteiger partial charge in [0.2, 0.25) is 0 Å². The zero-order chi connectivity index (χ0) is 15.6. The molecular formula is C14H10F3NO3. The van der Waals surface area contributed by atoms with Crippen molar-refractivity contribution in [3.63, 3.8) is 0 Å². The molecule has 4 nitrogen and oxygen atoms in total. The van der Waals surface area contributed by atoms with Crippen LogP contribution in [0.3, 0.4) is 0 Å². The number of hydrogen-bond acceptors (Lipinski definition) is 3. The van der Waals surface area contributed by atoms with Crippen LogP contribution in [0.25, 0.3) is 0 Å². The lowest BCUT2D eigenvalue weighted by Crippen LogP contribution is -2.15. The van der Waals surface area contributed by atoms with Crippen molar-refractivity contribution in [2.24, 2.45) is 0 Å². The number of phenolic OH excluding ortho intramolecular Hbond substituents is 1. The van der Waals surface area contributed by atoms with Crippen LogP contribution in [0.2, 0.25) is 0 Å². The smallest absolute Gasteiger partial charge is 0.263 e. The lowest BCUT2D eigenvalue weighted by molar-refractivity contribution is 0.102. The Labute approximate surface area is 117 Å². The topological polar surface area (TPSA) is 58.6 Å². The van der Waals surface area contributed by atoms with Crippen LogP contribution in [0.1, 0.15) is 10.4 Å². The molecule has 7 heteroatoms. The highest BCUT2D eigenvalue weighted by Gasteiger charge is 2.20. The van der Waals surface area contributed by atoms with Crippen molar-refractivity contribution in [1.29, 1.82) is 0 Å². The molecule has 0 heterocycles. The van der Waals surface area contributed by atoms with Gasteiger partial charge in [-0.1, -0.05) is 6.07 Å². The third-order valence-corrected chi connectivity index (χ3v) is 2.73. The Kier molecular flexibility index (Phi) is 4.02. The summed E-state index contributed by atoms with van der Waals surface area (Å²) in [5.74, 6) is -5.86. The van der Waals surface area contributed by atoms with Crippen molar-refractivity contribution in [2.75, 3.05) is 12.4 Å². The van der Waals surface area contributed by atoms with E-state index in [2.05, 4.69) is 0 Å². The lowest BCUT2D eigenvalue weighted by atomic mass is 10.1. The van der Waals surface area contributed by atoms with Crippen LogP contribution in [0.4, 0.5) is 18.9 Å². The van der Waals surface area contributed by atoms with E-state index in [0.29, 0.717) is 6.07 Å². The molecule has 2 aromatic rings. The number of methoxy groups -OCH3 is 1. The molecule has 21 heavy (non-hydrogen) atoms. The molecule has 0 aliphatic rings. The minimum Gasteiger partial charge on any atom is -0.507 e. The first-order valence-electron chi connectivity index (χ1n) is 5.76. The van der Waals surface area contributed by atoms with Crippen molar-refractivity contribution in [1.82, 2.24) is 0 Å². The van der Waals surface area contributed by atoms with E-state index in [1.165, 1.54) is 25.3 Å². The van der Waals surface area contributed by atoms with Crippen LogP contribution < -0.4 is 10.1 Å². The Morgan fingerprint density at radius 2 is 1.86 bits per heavy atom. The van der Waals surface area contributed by atoms with Crippen molar-refractivity contribution in [2.45, 2.75) is 0 Å². The van der Waals surface area contributed by atoms with Gasteiger partial charge in [0.05, 0.1) is 12.8 Å². The van der Waals surface area contributed by atoms with Gasteiger partial charge in [0.15, 0.2) is 17.5 Å². The molecule has 2 rings (SSSR count). The molecule has 0 radical (unpaired) electrons. The Hall–Kier alpha value is -2.70. The minimum absolute atomic E-state index is 0.0514. The molecule has 1 amide bonds. The zero-order valence-corrected chi connectivity index (χ0v) is 10.8. The molecule has 0 aromatic heterocycles. The van der Waals surface area contributed by atoms with E-state index in [-0.39, 0.29) is 11.3 Å². The summed E-state index contributed by atoms with van der Waals surface area (Å²) in [5.41, 5.74) is -0.798. The number of aromatic hydroxyl groups is 1. The highest BCUT2D eigenvalue weighted by molar-refractivity contribution is 6.08. The first-order valence-corrected chi connectivity index (χ1v) is 5.76. The van der Waals surface area contributed by atoms with Gasteiger partial charge in [0, 0.05) is 0 Å². The Balaban J connectivity index is 2.38. The summed E-state index contributed by atoms with van der Waals surface area (Å²) in [6.07, 6.45) is 0. The molecular weight excluding hydrogens is 287 g/mol. The normalized spacial score (nSPS) is 10.3. The van der Waals surface area contributed by atoms with E-state index in [0.717, 1.165) is 6.07 Å². The largest absolute Gasteiger partial charge is 0.507 e. The quantitative estimate of drug-likeness (QED) is 0.856. The lowest BCUT2D eigenvalue weighted by Gasteiger charge is -2.11. The van der Waals surface area contributed by atoms with Crippen LogP contribution in [0, 0.1) is 17.5 Å². The number of halogens is 3. The van der Waals surface area contributed by atoms with E-state index >= 15 is 0 Å². The fourth-order valence-electron chi connectivity index (χ4n) is 1.73. The molecule has 2 aromatic carbocycles. The van der Waals surface area contributed by atoms with Gasteiger partial charge in [-0.15, -0.1) is 0 Å². The molecule has 0 atom stereocenters. The van der Waals surface area contributed by atoms with Crippen molar-refractivity contribution < 1.29 is 27.8 Å². The first kappa shape index (κ1) is 14.7. The van der Waals surface area contributed by atoms with E-state index in [4.69, 9.17) is 4.74 Å². The minimum atomic E-state index is -1.70. The second-order valence-electron chi connectivity index (χ2n) is 4.03. The van der Waals surface area contributed by atoms with Gasteiger partial charge in [0.25, 0.3) is 5.91 Å². The predicted octanol–water partition coefficient (Wildman–Crippen LogP) is 3.07. The predicted molar refractivity (Wildman–Crippen MR) is 68.9 cm³/mol. The molecule has 0 unspecified atom stereocenters.